The molecule has 30 heavy (non-hydrogen) atoms. The maximum atomic E-state index is 13.4. The first-order chi connectivity index (χ1) is 13.6. The Morgan fingerprint density at radius 2 is 1.73 bits per heavy atom. The average molecular weight is 438 g/mol. The van der Waals surface area contributed by atoms with Gasteiger partial charge in [-0.05, 0) is 75.9 Å². The Morgan fingerprint density at radius 3 is 2.20 bits per heavy atom. The van der Waals surface area contributed by atoms with Gasteiger partial charge in [-0.2, -0.15) is 0 Å². The second-order valence-corrected chi connectivity index (χ2v) is 15.9. The van der Waals surface area contributed by atoms with Crippen molar-refractivity contribution in [3.05, 3.63) is 35.6 Å². The van der Waals surface area contributed by atoms with Crippen LogP contribution in [0.5, 0.6) is 0 Å². The van der Waals surface area contributed by atoms with Crippen molar-refractivity contribution in [1.29, 1.82) is 0 Å². The molecule has 1 aromatic rings. The van der Waals surface area contributed by atoms with Crippen molar-refractivity contribution < 1.29 is 18.3 Å². The molecule has 170 valence electrons. The molecule has 1 heterocycles. The Morgan fingerprint density at radius 1 is 1.17 bits per heavy atom. The lowest BCUT2D eigenvalue weighted by molar-refractivity contribution is 0.00638. The van der Waals surface area contributed by atoms with Crippen molar-refractivity contribution in [1.82, 2.24) is 4.90 Å². The molecule has 2 rings (SSSR count). The normalized spacial score (nSPS) is 23.0. The zero-order valence-electron chi connectivity index (χ0n) is 20.3. The zero-order chi connectivity index (χ0) is 23.0. The summed E-state index contributed by atoms with van der Waals surface area (Å²) in [6, 6.07) is 6.58. The fourth-order valence-electron chi connectivity index (χ4n) is 3.86. The van der Waals surface area contributed by atoms with Gasteiger partial charge in [0.25, 0.3) is 0 Å². The van der Waals surface area contributed by atoms with E-state index < -0.39 is 19.5 Å². The third kappa shape index (κ3) is 5.85. The van der Waals surface area contributed by atoms with Gasteiger partial charge in [-0.1, -0.05) is 39.8 Å². The van der Waals surface area contributed by atoms with Crippen LogP contribution < -0.4 is 0 Å². The molecule has 0 N–H and O–H groups in total. The molecule has 0 bridgehead atoms. The molecular weight excluding hydrogens is 397 g/mol. The summed E-state index contributed by atoms with van der Waals surface area (Å²) in [7, 11) is -1.98. The number of carbonyl (C=O) groups excluding carboxylic acids is 1. The molecule has 1 unspecified atom stereocenters. The second kappa shape index (κ2) is 8.62. The van der Waals surface area contributed by atoms with E-state index >= 15 is 0 Å². The molecule has 1 saturated heterocycles. The van der Waals surface area contributed by atoms with Crippen LogP contribution in [0.25, 0.3) is 0 Å². The Labute approximate surface area is 183 Å². The smallest absolute Gasteiger partial charge is 0.410 e. The van der Waals surface area contributed by atoms with Gasteiger partial charge in [-0.25, -0.2) is 9.18 Å². The van der Waals surface area contributed by atoms with E-state index in [2.05, 4.69) is 40.8 Å². The van der Waals surface area contributed by atoms with Crippen molar-refractivity contribution in [3.63, 3.8) is 0 Å². The van der Waals surface area contributed by atoms with E-state index in [0.29, 0.717) is 13.0 Å². The quantitative estimate of drug-likeness (QED) is 0.490. The molecule has 0 radical (unpaired) electrons. The number of nitrogens with zero attached hydrogens (tertiary/aromatic N) is 1. The lowest BCUT2D eigenvalue weighted by Crippen LogP contribution is -2.50. The number of amides is 1. The number of hydrogen-bond acceptors (Lipinski definition) is 3. The van der Waals surface area contributed by atoms with E-state index in [0.717, 1.165) is 18.4 Å². The average Bonchev–Trinajstić information content (AvgIpc) is 2.92. The number of likely N-dealkylation sites (tertiary alicyclic amines) is 1. The highest BCUT2D eigenvalue weighted by molar-refractivity contribution is 6.74. The Balaban J connectivity index is 2.35. The number of carbonyl (C=O) groups is 1. The standard InChI is InChI=1S/C24H40FNO3Si/c1-10-24(15-18-11-13-19(25)14-12-18)16-20(29-30(8,9)23(5,6)7)17-26(24)21(27)28-22(2,3)4/h11-14,20H,10,15-17H2,1-9H3/t20-,24?/m1/s1. The van der Waals surface area contributed by atoms with Crippen LogP contribution in [-0.2, 0) is 15.6 Å². The van der Waals surface area contributed by atoms with Crippen LogP contribution in [0.3, 0.4) is 0 Å². The van der Waals surface area contributed by atoms with Crippen molar-refractivity contribution in [3.8, 4) is 0 Å². The van der Waals surface area contributed by atoms with Gasteiger partial charge in [-0.15, -0.1) is 0 Å². The highest BCUT2D eigenvalue weighted by atomic mass is 28.4. The third-order valence-electron chi connectivity index (χ3n) is 6.55. The van der Waals surface area contributed by atoms with Crippen molar-refractivity contribution in [2.45, 2.75) is 103 Å². The van der Waals surface area contributed by atoms with E-state index in [1.54, 1.807) is 0 Å². The molecule has 0 spiro atoms. The Bertz CT molecular complexity index is 736. The van der Waals surface area contributed by atoms with E-state index in [1.807, 2.05) is 37.8 Å². The van der Waals surface area contributed by atoms with Crippen molar-refractivity contribution in [2.75, 3.05) is 6.54 Å². The van der Waals surface area contributed by atoms with Gasteiger partial charge in [0.15, 0.2) is 8.32 Å². The van der Waals surface area contributed by atoms with Gasteiger partial charge in [-0.3, -0.25) is 4.90 Å². The van der Waals surface area contributed by atoms with Gasteiger partial charge in [0, 0.05) is 6.54 Å². The minimum Gasteiger partial charge on any atom is -0.444 e. The van der Waals surface area contributed by atoms with Crippen LogP contribution in [0.15, 0.2) is 24.3 Å². The summed E-state index contributed by atoms with van der Waals surface area (Å²) in [6.45, 7) is 19.5. The van der Waals surface area contributed by atoms with Crippen LogP contribution in [0.4, 0.5) is 9.18 Å². The van der Waals surface area contributed by atoms with E-state index in [-0.39, 0.29) is 23.1 Å². The summed E-state index contributed by atoms with van der Waals surface area (Å²) in [5, 5.41) is 0.0954. The summed E-state index contributed by atoms with van der Waals surface area (Å²) in [5.41, 5.74) is 0.0395. The zero-order valence-corrected chi connectivity index (χ0v) is 21.3. The molecule has 4 nitrogen and oxygen atoms in total. The number of benzene rings is 1. The number of halogens is 1. The summed E-state index contributed by atoms with van der Waals surface area (Å²) >= 11 is 0. The molecule has 6 heteroatoms. The minimum atomic E-state index is -1.98. The lowest BCUT2D eigenvalue weighted by Gasteiger charge is -2.39. The summed E-state index contributed by atoms with van der Waals surface area (Å²) in [5.74, 6) is -0.251. The van der Waals surface area contributed by atoms with Crippen LogP contribution in [0, 0.1) is 5.82 Å². The minimum absolute atomic E-state index is 0.0289. The van der Waals surface area contributed by atoms with E-state index in [4.69, 9.17) is 9.16 Å². The van der Waals surface area contributed by atoms with E-state index in [9.17, 15) is 9.18 Å². The van der Waals surface area contributed by atoms with Gasteiger partial charge >= 0.3 is 6.09 Å². The molecule has 1 aliphatic heterocycles. The molecule has 1 amide bonds. The Hall–Kier alpha value is -1.40. The van der Waals surface area contributed by atoms with Gasteiger partial charge in [0.1, 0.15) is 11.4 Å². The van der Waals surface area contributed by atoms with Crippen LogP contribution in [0.2, 0.25) is 18.1 Å². The first-order valence-electron chi connectivity index (χ1n) is 11.0. The topological polar surface area (TPSA) is 38.8 Å². The molecular formula is C24H40FNO3Si. The van der Waals surface area contributed by atoms with Crippen LogP contribution in [0.1, 0.15) is 66.9 Å². The van der Waals surface area contributed by atoms with Gasteiger partial charge in [0.05, 0.1) is 11.6 Å². The first kappa shape index (κ1) is 24.9. The third-order valence-corrected chi connectivity index (χ3v) is 11.1. The van der Waals surface area contributed by atoms with Crippen molar-refractivity contribution in [2.24, 2.45) is 0 Å². The van der Waals surface area contributed by atoms with E-state index in [1.165, 1.54) is 12.1 Å². The highest BCUT2D eigenvalue weighted by Crippen LogP contribution is 2.43. The fourth-order valence-corrected chi connectivity index (χ4v) is 5.21. The summed E-state index contributed by atoms with van der Waals surface area (Å²) in [6.07, 6.45) is 1.86. The maximum Gasteiger partial charge on any atom is 0.410 e. The highest BCUT2D eigenvalue weighted by Gasteiger charge is 2.51. The second-order valence-electron chi connectivity index (χ2n) is 11.2. The molecule has 0 aliphatic carbocycles. The summed E-state index contributed by atoms with van der Waals surface area (Å²) in [4.78, 5) is 15.1. The molecule has 0 aromatic heterocycles. The maximum absolute atomic E-state index is 13.4. The molecule has 1 aromatic carbocycles. The summed E-state index contributed by atoms with van der Waals surface area (Å²) < 4.78 is 25.9. The number of hydrogen-bond donors (Lipinski definition) is 0. The van der Waals surface area contributed by atoms with Gasteiger partial charge < -0.3 is 9.16 Å². The molecule has 1 fully saturated rings. The largest absolute Gasteiger partial charge is 0.444 e. The van der Waals surface area contributed by atoms with Crippen LogP contribution in [-0.4, -0.2) is 43.1 Å². The fraction of sp³-hybridized carbons (Fsp3) is 0.708. The first-order valence-corrected chi connectivity index (χ1v) is 13.9. The van der Waals surface area contributed by atoms with Crippen LogP contribution >= 0.6 is 0 Å². The molecule has 1 aliphatic rings. The molecule has 2 atom stereocenters. The molecule has 0 saturated carbocycles. The lowest BCUT2D eigenvalue weighted by atomic mass is 9.85. The Kier molecular flexibility index (Phi) is 7.14. The monoisotopic (exact) mass is 437 g/mol. The number of ether oxygens (including phenoxy) is 1. The number of rotatable bonds is 5. The SMILES string of the molecule is CCC1(Cc2ccc(F)cc2)C[C@@H](O[Si](C)(C)C(C)(C)C)CN1C(=O)OC(C)(C)C. The predicted molar refractivity (Wildman–Crippen MR) is 123 cm³/mol. The van der Waals surface area contributed by atoms with Gasteiger partial charge in [0.2, 0.25) is 0 Å². The van der Waals surface area contributed by atoms with Crippen molar-refractivity contribution >= 4 is 14.4 Å². The predicted octanol–water partition coefficient (Wildman–Crippen LogP) is 6.55.